The summed E-state index contributed by atoms with van der Waals surface area (Å²) in [7, 11) is 3.12. The molecular weight excluding hydrogens is 491 g/mol. The molecule has 0 spiro atoms. The summed E-state index contributed by atoms with van der Waals surface area (Å²) in [5.74, 6) is 0.797. The molecule has 2 amide bonds. The predicted molar refractivity (Wildman–Crippen MR) is 134 cm³/mol. The Bertz CT molecular complexity index is 1070. The highest BCUT2D eigenvalue weighted by atomic mass is 35.5. The highest BCUT2D eigenvalue weighted by Gasteiger charge is 2.31. The molecule has 10 heteroatoms. The molecule has 0 aromatic heterocycles. The molecule has 0 radical (unpaired) electrons. The second-order valence-corrected chi connectivity index (χ2v) is 9.31. The molecular formula is C22H20Cl2N2O4S2. The van der Waals surface area contributed by atoms with Crippen LogP contribution in [0.1, 0.15) is 18.4 Å². The Morgan fingerprint density at radius 3 is 2.47 bits per heavy atom. The number of nitrogens with one attached hydrogen (secondary N) is 1. The van der Waals surface area contributed by atoms with Crippen LogP contribution in [0.5, 0.6) is 11.5 Å². The lowest BCUT2D eigenvalue weighted by molar-refractivity contribution is -0.122. The van der Waals surface area contributed by atoms with Gasteiger partial charge < -0.3 is 14.8 Å². The zero-order chi connectivity index (χ0) is 23.3. The number of thiocarbonyl (C=S) groups is 1. The zero-order valence-electron chi connectivity index (χ0n) is 17.3. The third kappa shape index (κ3) is 6.16. The number of carbonyl (C=O) groups is 2. The fourth-order valence-corrected chi connectivity index (χ4v) is 4.87. The Labute approximate surface area is 205 Å². The maximum absolute atomic E-state index is 12.8. The molecule has 0 saturated carbocycles. The lowest BCUT2D eigenvalue weighted by atomic mass is 10.2. The van der Waals surface area contributed by atoms with Crippen LogP contribution in [0.4, 0.5) is 5.69 Å². The van der Waals surface area contributed by atoms with Gasteiger partial charge in [-0.1, -0.05) is 53.2 Å². The molecule has 168 valence electrons. The number of hydrogen-bond acceptors (Lipinski definition) is 6. The molecule has 1 N–H and O–H groups in total. The zero-order valence-corrected chi connectivity index (χ0v) is 20.5. The fourth-order valence-electron chi connectivity index (χ4n) is 3.03. The molecule has 0 atom stereocenters. The number of hydrogen-bond donors (Lipinski definition) is 1. The second-order valence-electron chi connectivity index (χ2n) is 6.76. The first kappa shape index (κ1) is 24.4. The van der Waals surface area contributed by atoms with Crippen LogP contribution in [0.25, 0.3) is 6.08 Å². The molecule has 32 heavy (non-hydrogen) atoms. The molecule has 1 heterocycles. The van der Waals surface area contributed by atoms with Gasteiger partial charge in [0.05, 0.1) is 19.1 Å². The van der Waals surface area contributed by atoms with E-state index in [0.717, 1.165) is 5.56 Å². The SMILES string of the molecule is COc1ccc(/C=C2\SC(=S)N(CCCC(=O)Nc3cc(Cl)cc(Cl)c3)C2=O)cc1OC. The number of halogens is 2. The van der Waals surface area contributed by atoms with Crippen molar-refractivity contribution in [2.24, 2.45) is 0 Å². The molecule has 3 rings (SSSR count). The van der Waals surface area contributed by atoms with Gasteiger partial charge in [-0.2, -0.15) is 0 Å². The number of amides is 2. The Hall–Kier alpha value is -2.26. The molecule has 6 nitrogen and oxygen atoms in total. The fraction of sp³-hybridized carbons (Fsp3) is 0.227. The van der Waals surface area contributed by atoms with E-state index < -0.39 is 0 Å². The number of nitrogens with zero attached hydrogens (tertiary/aromatic N) is 1. The topological polar surface area (TPSA) is 67.9 Å². The molecule has 0 unspecified atom stereocenters. The van der Waals surface area contributed by atoms with Crippen LogP contribution in [0, 0.1) is 0 Å². The average Bonchev–Trinajstić information content (AvgIpc) is 3.00. The van der Waals surface area contributed by atoms with Gasteiger partial charge in [-0.05, 0) is 48.4 Å². The summed E-state index contributed by atoms with van der Waals surface area (Å²) in [6.07, 6.45) is 2.43. The van der Waals surface area contributed by atoms with Crippen LogP contribution in [0.15, 0.2) is 41.3 Å². The molecule has 1 aliphatic rings. The first-order valence-corrected chi connectivity index (χ1v) is 11.5. The lowest BCUT2D eigenvalue weighted by Gasteiger charge is -2.14. The summed E-state index contributed by atoms with van der Waals surface area (Å²) in [6, 6.07) is 10.2. The van der Waals surface area contributed by atoms with Crippen molar-refractivity contribution < 1.29 is 19.1 Å². The highest BCUT2D eigenvalue weighted by molar-refractivity contribution is 8.26. The van der Waals surface area contributed by atoms with Crippen molar-refractivity contribution in [3.63, 3.8) is 0 Å². The van der Waals surface area contributed by atoms with Crippen LogP contribution < -0.4 is 14.8 Å². The van der Waals surface area contributed by atoms with Gasteiger partial charge in [0.1, 0.15) is 4.32 Å². The number of carbonyl (C=O) groups excluding carboxylic acids is 2. The van der Waals surface area contributed by atoms with Crippen LogP contribution in [0.3, 0.4) is 0 Å². The first-order chi connectivity index (χ1) is 15.3. The van der Waals surface area contributed by atoms with Crippen molar-refractivity contribution in [2.45, 2.75) is 12.8 Å². The van der Waals surface area contributed by atoms with E-state index >= 15 is 0 Å². The van der Waals surface area contributed by atoms with Crippen molar-refractivity contribution >= 4 is 75.1 Å². The quantitative estimate of drug-likeness (QED) is 0.366. The Morgan fingerprint density at radius 2 is 1.81 bits per heavy atom. The first-order valence-electron chi connectivity index (χ1n) is 9.54. The summed E-state index contributed by atoms with van der Waals surface area (Å²) < 4.78 is 11.0. The van der Waals surface area contributed by atoms with Gasteiger partial charge in [0, 0.05) is 28.7 Å². The van der Waals surface area contributed by atoms with E-state index in [9.17, 15) is 9.59 Å². The standard InChI is InChI=1S/C22H20Cl2N2O4S2/c1-29-17-6-5-13(8-18(17)30-2)9-19-21(28)26(22(31)32-19)7-3-4-20(27)25-16-11-14(23)10-15(24)12-16/h5-6,8-12H,3-4,7H2,1-2H3,(H,25,27)/b19-9-. The van der Waals surface area contributed by atoms with Gasteiger partial charge >= 0.3 is 0 Å². The van der Waals surface area contributed by atoms with Gasteiger partial charge in [-0.3, -0.25) is 14.5 Å². The molecule has 1 saturated heterocycles. The number of methoxy groups -OCH3 is 2. The van der Waals surface area contributed by atoms with E-state index in [0.29, 0.717) is 49.4 Å². The number of thioether (sulfide) groups is 1. The number of rotatable bonds is 8. The smallest absolute Gasteiger partial charge is 0.266 e. The summed E-state index contributed by atoms with van der Waals surface area (Å²) >= 11 is 18.5. The number of benzene rings is 2. The van der Waals surface area contributed by atoms with Gasteiger partial charge in [0.2, 0.25) is 5.91 Å². The molecule has 0 bridgehead atoms. The van der Waals surface area contributed by atoms with Gasteiger partial charge in [-0.15, -0.1) is 0 Å². The molecule has 1 fully saturated rings. The van der Waals surface area contributed by atoms with Gasteiger partial charge in [0.15, 0.2) is 11.5 Å². The maximum atomic E-state index is 12.8. The Kier molecular flexibility index (Phi) is 8.42. The third-order valence-corrected chi connectivity index (χ3v) is 6.33. The number of anilines is 1. The second kappa shape index (κ2) is 11.0. The van der Waals surface area contributed by atoms with Crippen molar-refractivity contribution in [2.75, 3.05) is 26.1 Å². The van der Waals surface area contributed by atoms with Crippen molar-refractivity contribution in [3.05, 3.63) is 56.9 Å². The molecule has 2 aromatic carbocycles. The normalized spacial score (nSPS) is 14.8. The highest BCUT2D eigenvalue weighted by Crippen LogP contribution is 2.34. The van der Waals surface area contributed by atoms with E-state index in [1.54, 1.807) is 50.6 Å². The van der Waals surface area contributed by atoms with E-state index in [4.69, 9.17) is 44.9 Å². The summed E-state index contributed by atoms with van der Waals surface area (Å²) in [4.78, 5) is 27.0. The number of ether oxygens (including phenoxy) is 2. The van der Waals surface area contributed by atoms with E-state index in [1.165, 1.54) is 16.7 Å². The lowest BCUT2D eigenvalue weighted by Crippen LogP contribution is -2.29. The van der Waals surface area contributed by atoms with Crippen molar-refractivity contribution in [3.8, 4) is 11.5 Å². The molecule has 0 aliphatic carbocycles. The third-order valence-electron chi connectivity index (χ3n) is 4.51. The summed E-state index contributed by atoms with van der Waals surface area (Å²) in [5, 5.41) is 3.62. The molecule has 2 aromatic rings. The monoisotopic (exact) mass is 510 g/mol. The Morgan fingerprint density at radius 1 is 1.12 bits per heavy atom. The Balaban J connectivity index is 1.58. The maximum Gasteiger partial charge on any atom is 0.266 e. The average molecular weight is 511 g/mol. The minimum absolute atomic E-state index is 0.184. The van der Waals surface area contributed by atoms with Crippen LogP contribution in [-0.2, 0) is 9.59 Å². The van der Waals surface area contributed by atoms with E-state index in [-0.39, 0.29) is 18.2 Å². The van der Waals surface area contributed by atoms with Crippen molar-refractivity contribution in [1.82, 2.24) is 4.90 Å². The predicted octanol–water partition coefficient (Wildman–Crippen LogP) is 5.63. The van der Waals surface area contributed by atoms with Gasteiger partial charge in [0.25, 0.3) is 5.91 Å². The largest absolute Gasteiger partial charge is 0.493 e. The summed E-state index contributed by atoms with van der Waals surface area (Å²) in [5.41, 5.74) is 1.32. The van der Waals surface area contributed by atoms with E-state index in [1.807, 2.05) is 6.07 Å². The minimum atomic E-state index is -0.199. The van der Waals surface area contributed by atoms with Crippen molar-refractivity contribution in [1.29, 1.82) is 0 Å². The van der Waals surface area contributed by atoms with E-state index in [2.05, 4.69) is 5.32 Å². The summed E-state index contributed by atoms with van der Waals surface area (Å²) in [6.45, 7) is 0.345. The van der Waals surface area contributed by atoms with Crippen LogP contribution in [-0.4, -0.2) is 41.8 Å². The van der Waals surface area contributed by atoms with Crippen LogP contribution >= 0.6 is 47.2 Å². The minimum Gasteiger partial charge on any atom is -0.493 e. The van der Waals surface area contributed by atoms with Crippen LogP contribution in [0.2, 0.25) is 10.0 Å². The molecule has 1 aliphatic heterocycles. The van der Waals surface area contributed by atoms with Gasteiger partial charge in [-0.25, -0.2) is 0 Å².